The molecule has 166 valence electrons. The van der Waals surface area contributed by atoms with Crippen molar-refractivity contribution in [2.75, 3.05) is 20.2 Å². The number of ether oxygens (including phenoxy) is 2. The molecule has 3 rings (SSSR count). The highest BCUT2D eigenvalue weighted by Gasteiger charge is 2.20. The zero-order chi connectivity index (χ0) is 20.5. The number of methoxy groups -OCH3 is 1. The number of hydrogen-bond acceptors (Lipinski definition) is 4. The van der Waals surface area contributed by atoms with Gasteiger partial charge in [-0.3, -0.25) is 4.68 Å². The Morgan fingerprint density at radius 2 is 2.07 bits per heavy atom. The van der Waals surface area contributed by atoms with E-state index < -0.39 is 0 Å². The molecule has 1 aromatic heterocycles. The number of hydrogen-bond donors (Lipinski definition) is 2. The molecule has 1 fully saturated rings. The van der Waals surface area contributed by atoms with Crippen molar-refractivity contribution in [3.05, 3.63) is 41.7 Å². The van der Waals surface area contributed by atoms with E-state index in [9.17, 15) is 0 Å². The smallest absolute Gasteiger partial charge is 0.191 e. The third kappa shape index (κ3) is 7.07. The highest BCUT2D eigenvalue weighted by Crippen LogP contribution is 2.35. The Balaban J connectivity index is 0.00000320. The molecule has 2 N–H and O–H groups in total. The van der Waals surface area contributed by atoms with Crippen molar-refractivity contribution in [2.45, 2.75) is 58.7 Å². The van der Waals surface area contributed by atoms with Gasteiger partial charge in [-0.25, -0.2) is 4.99 Å². The molecule has 1 aliphatic carbocycles. The predicted octanol–water partition coefficient (Wildman–Crippen LogP) is 3.89. The van der Waals surface area contributed by atoms with Gasteiger partial charge in [-0.2, -0.15) is 5.10 Å². The molecule has 0 spiro atoms. The first-order valence-electron chi connectivity index (χ1n) is 10.5. The number of nitrogens with zero attached hydrogens (tertiary/aromatic N) is 3. The van der Waals surface area contributed by atoms with E-state index in [1.807, 2.05) is 36.1 Å². The minimum absolute atomic E-state index is 0. The van der Waals surface area contributed by atoms with Gasteiger partial charge in [-0.1, -0.05) is 12.1 Å². The van der Waals surface area contributed by atoms with Gasteiger partial charge in [-0.15, -0.1) is 24.0 Å². The van der Waals surface area contributed by atoms with Gasteiger partial charge in [0.15, 0.2) is 17.5 Å². The second-order valence-corrected chi connectivity index (χ2v) is 7.38. The topological polar surface area (TPSA) is 72.7 Å². The number of para-hydroxylation sites is 1. The van der Waals surface area contributed by atoms with Crippen molar-refractivity contribution in [2.24, 2.45) is 4.99 Å². The van der Waals surface area contributed by atoms with Crippen LogP contribution in [-0.4, -0.2) is 42.0 Å². The van der Waals surface area contributed by atoms with E-state index in [1.165, 1.54) is 18.4 Å². The van der Waals surface area contributed by atoms with Crippen molar-refractivity contribution in [3.8, 4) is 11.5 Å². The zero-order valence-corrected chi connectivity index (χ0v) is 20.5. The second-order valence-electron chi connectivity index (χ2n) is 7.38. The van der Waals surface area contributed by atoms with Gasteiger partial charge in [0, 0.05) is 24.8 Å². The lowest BCUT2D eigenvalue weighted by Gasteiger charge is -2.19. The predicted molar refractivity (Wildman–Crippen MR) is 131 cm³/mol. The lowest BCUT2D eigenvalue weighted by Crippen LogP contribution is -2.38. The van der Waals surface area contributed by atoms with Crippen LogP contribution in [-0.2, 0) is 13.1 Å². The summed E-state index contributed by atoms with van der Waals surface area (Å²) in [5.74, 6) is 2.39. The summed E-state index contributed by atoms with van der Waals surface area (Å²) in [7, 11) is 1.69. The van der Waals surface area contributed by atoms with Gasteiger partial charge in [0.2, 0.25) is 0 Å². The standard InChI is InChI=1S/C22H33N5O2.HI/c1-4-23-22(24-12-13-27-16-17(2)14-26-27)25-15-18-8-7-11-20(28-3)21(18)29-19-9-5-6-10-19;/h7-8,11,14,16,19H,4-6,9-10,12-13,15H2,1-3H3,(H2,23,24,25);1H. The fourth-order valence-electron chi connectivity index (χ4n) is 3.54. The van der Waals surface area contributed by atoms with E-state index >= 15 is 0 Å². The Morgan fingerprint density at radius 3 is 2.73 bits per heavy atom. The Hall–Kier alpha value is -1.97. The fraction of sp³-hybridized carbons (Fsp3) is 0.545. The molecule has 0 radical (unpaired) electrons. The minimum Gasteiger partial charge on any atom is -0.493 e. The number of nitrogens with one attached hydrogen (secondary N) is 2. The van der Waals surface area contributed by atoms with E-state index in [4.69, 9.17) is 14.5 Å². The molecule has 1 aliphatic rings. The number of guanidine groups is 1. The van der Waals surface area contributed by atoms with Crippen LogP contribution in [0.3, 0.4) is 0 Å². The van der Waals surface area contributed by atoms with Crippen molar-refractivity contribution in [1.29, 1.82) is 0 Å². The third-order valence-electron chi connectivity index (χ3n) is 5.01. The van der Waals surface area contributed by atoms with Gasteiger partial charge in [0.05, 0.1) is 32.5 Å². The van der Waals surface area contributed by atoms with Crippen LogP contribution < -0.4 is 20.1 Å². The van der Waals surface area contributed by atoms with Crippen molar-refractivity contribution in [1.82, 2.24) is 20.4 Å². The van der Waals surface area contributed by atoms with Crippen LogP contribution >= 0.6 is 24.0 Å². The maximum Gasteiger partial charge on any atom is 0.191 e. The highest BCUT2D eigenvalue weighted by molar-refractivity contribution is 14.0. The number of aryl methyl sites for hydroxylation is 1. The quantitative estimate of drug-likeness (QED) is 0.294. The molecular weight excluding hydrogens is 493 g/mol. The van der Waals surface area contributed by atoms with Crippen LogP contribution in [0.2, 0.25) is 0 Å². The summed E-state index contributed by atoms with van der Waals surface area (Å²) >= 11 is 0. The Morgan fingerprint density at radius 1 is 1.27 bits per heavy atom. The molecule has 30 heavy (non-hydrogen) atoms. The molecule has 2 aromatic rings. The van der Waals surface area contributed by atoms with Crippen LogP contribution in [0.1, 0.15) is 43.7 Å². The maximum atomic E-state index is 6.32. The van der Waals surface area contributed by atoms with E-state index in [1.54, 1.807) is 7.11 Å². The summed E-state index contributed by atoms with van der Waals surface area (Å²) < 4.78 is 13.8. The van der Waals surface area contributed by atoms with Crippen LogP contribution in [0, 0.1) is 6.92 Å². The summed E-state index contributed by atoms with van der Waals surface area (Å²) in [6, 6.07) is 6.00. The maximum absolute atomic E-state index is 6.32. The lowest BCUT2D eigenvalue weighted by molar-refractivity contribution is 0.198. The molecule has 7 nitrogen and oxygen atoms in total. The molecule has 1 heterocycles. The summed E-state index contributed by atoms with van der Waals surface area (Å²) in [4.78, 5) is 4.76. The van der Waals surface area contributed by atoms with Crippen LogP contribution in [0.5, 0.6) is 11.5 Å². The van der Waals surface area contributed by atoms with Crippen LogP contribution in [0.15, 0.2) is 35.6 Å². The molecule has 0 aliphatic heterocycles. The molecule has 0 bridgehead atoms. The first kappa shape index (κ1) is 24.3. The molecular formula is C22H34IN5O2. The fourth-order valence-corrected chi connectivity index (χ4v) is 3.54. The van der Waals surface area contributed by atoms with Gasteiger partial charge in [0.25, 0.3) is 0 Å². The van der Waals surface area contributed by atoms with Crippen molar-refractivity contribution >= 4 is 29.9 Å². The van der Waals surface area contributed by atoms with E-state index in [0.717, 1.165) is 55.5 Å². The SMILES string of the molecule is CCNC(=NCc1cccc(OC)c1OC1CCCC1)NCCn1cc(C)cn1.I. The molecule has 8 heteroatoms. The monoisotopic (exact) mass is 527 g/mol. The molecule has 0 unspecified atom stereocenters. The zero-order valence-electron chi connectivity index (χ0n) is 18.2. The first-order valence-corrected chi connectivity index (χ1v) is 10.5. The van der Waals surface area contributed by atoms with Gasteiger partial charge in [-0.05, 0) is 51.2 Å². The second kappa shape index (κ2) is 12.7. The normalized spacial score (nSPS) is 14.3. The van der Waals surface area contributed by atoms with Crippen LogP contribution in [0.4, 0.5) is 0 Å². The Labute approximate surface area is 196 Å². The molecule has 1 aromatic carbocycles. The molecule has 0 saturated heterocycles. The molecule has 0 atom stereocenters. The van der Waals surface area contributed by atoms with Gasteiger partial charge < -0.3 is 20.1 Å². The Bertz CT molecular complexity index is 803. The van der Waals surface area contributed by atoms with E-state index in [0.29, 0.717) is 6.54 Å². The van der Waals surface area contributed by atoms with Crippen molar-refractivity contribution < 1.29 is 9.47 Å². The number of benzene rings is 1. The van der Waals surface area contributed by atoms with Gasteiger partial charge in [0.1, 0.15) is 0 Å². The lowest BCUT2D eigenvalue weighted by atomic mass is 10.1. The number of aromatic nitrogens is 2. The largest absolute Gasteiger partial charge is 0.493 e. The first-order chi connectivity index (χ1) is 14.2. The highest BCUT2D eigenvalue weighted by atomic mass is 127. The van der Waals surface area contributed by atoms with Gasteiger partial charge >= 0.3 is 0 Å². The van der Waals surface area contributed by atoms with E-state index in [2.05, 4.69) is 28.7 Å². The third-order valence-corrected chi connectivity index (χ3v) is 5.01. The summed E-state index contributed by atoms with van der Waals surface area (Å²) in [5, 5.41) is 11.0. The Kier molecular flexibility index (Phi) is 10.3. The summed E-state index contributed by atoms with van der Waals surface area (Å²) in [6.45, 7) is 6.96. The van der Waals surface area contributed by atoms with Crippen LogP contribution in [0.25, 0.3) is 0 Å². The molecule has 0 amide bonds. The minimum atomic E-state index is 0. The number of halogens is 1. The van der Waals surface area contributed by atoms with E-state index in [-0.39, 0.29) is 30.1 Å². The average Bonchev–Trinajstić information content (AvgIpc) is 3.38. The molecule has 1 saturated carbocycles. The summed E-state index contributed by atoms with van der Waals surface area (Å²) in [5.41, 5.74) is 2.20. The summed E-state index contributed by atoms with van der Waals surface area (Å²) in [6.07, 6.45) is 8.87. The van der Waals surface area contributed by atoms with Crippen molar-refractivity contribution in [3.63, 3.8) is 0 Å². The number of aliphatic imine (C=N–C) groups is 1. The average molecular weight is 527 g/mol. The number of rotatable bonds is 9.